The molecule has 0 aliphatic rings. The van der Waals surface area contributed by atoms with Gasteiger partial charge in [-0.1, -0.05) is 278 Å². The fourth-order valence-corrected chi connectivity index (χ4v) is 10.2. The first-order valence-electron chi connectivity index (χ1n) is 33.4. The summed E-state index contributed by atoms with van der Waals surface area (Å²) in [6.07, 6.45) is 56.7. The van der Waals surface area contributed by atoms with Gasteiger partial charge in [0.25, 0.3) is 0 Å². The standard InChI is InChI=1S/C65H130N6O4/c1-5-9-13-17-21-25-29-33-37-41-45-53-67-63(73)49-57-70(56-48-62(72)66-52-44-40-36-32-28-24-20-16-12-8-4)60-61-71(58-50-64(74)68-54-46-42-38-34-30-26-22-18-14-10-6-2)59-51-65(75)69-55-47-43-39-35-31-27-23-19-15-11-7-3/h5-61H2,1-4H3,(H,66,72)(H,67,73)(H,68,74)(H,69,75). The summed E-state index contributed by atoms with van der Waals surface area (Å²) >= 11 is 0. The molecule has 10 nitrogen and oxygen atoms in total. The third-order valence-corrected chi connectivity index (χ3v) is 15.5. The molecule has 75 heavy (non-hydrogen) atoms. The molecule has 0 heterocycles. The quantitative estimate of drug-likeness (QED) is 0.0450. The van der Waals surface area contributed by atoms with E-state index in [-0.39, 0.29) is 23.6 Å². The maximum absolute atomic E-state index is 13.1. The number of rotatable bonds is 62. The molecule has 0 saturated carbocycles. The highest BCUT2D eigenvalue weighted by Gasteiger charge is 2.16. The van der Waals surface area contributed by atoms with Gasteiger partial charge in [0, 0.05) is 91.1 Å². The Bertz CT molecular complexity index is 1180. The number of carbonyl (C=O) groups excluding carboxylic acids is 4. The minimum absolute atomic E-state index is 0.0673. The Hall–Kier alpha value is -2.20. The number of hydrogen-bond acceptors (Lipinski definition) is 6. The molecule has 0 unspecified atom stereocenters. The lowest BCUT2D eigenvalue weighted by atomic mass is 10.1. The molecule has 0 aromatic rings. The van der Waals surface area contributed by atoms with Crippen LogP contribution in [0, 0.1) is 0 Å². The van der Waals surface area contributed by atoms with Crippen LogP contribution in [0.1, 0.15) is 329 Å². The van der Waals surface area contributed by atoms with Crippen LogP contribution in [0.3, 0.4) is 0 Å². The van der Waals surface area contributed by atoms with Crippen LogP contribution in [0.25, 0.3) is 0 Å². The fourth-order valence-electron chi connectivity index (χ4n) is 10.2. The first-order valence-corrected chi connectivity index (χ1v) is 33.4. The van der Waals surface area contributed by atoms with Crippen molar-refractivity contribution >= 4 is 23.6 Å². The molecule has 0 rings (SSSR count). The molecular formula is C65H130N6O4. The third-order valence-electron chi connectivity index (χ3n) is 15.5. The van der Waals surface area contributed by atoms with E-state index in [1.165, 1.54) is 225 Å². The van der Waals surface area contributed by atoms with E-state index in [0.29, 0.717) is 91.1 Å². The molecule has 0 aliphatic heterocycles. The molecule has 0 spiro atoms. The van der Waals surface area contributed by atoms with Crippen LogP contribution in [-0.4, -0.2) is 98.9 Å². The monoisotopic (exact) mass is 1060 g/mol. The van der Waals surface area contributed by atoms with Gasteiger partial charge in [-0.15, -0.1) is 0 Å². The number of amides is 4. The minimum Gasteiger partial charge on any atom is -0.356 e. The summed E-state index contributed by atoms with van der Waals surface area (Å²) in [5.41, 5.74) is 0. The van der Waals surface area contributed by atoms with Gasteiger partial charge < -0.3 is 31.1 Å². The van der Waals surface area contributed by atoms with Crippen molar-refractivity contribution in [2.45, 2.75) is 329 Å². The van der Waals surface area contributed by atoms with E-state index in [1.807, 2.05) is 0 Å². The maximum Gasteiger partial charge on any atom is 0.221 e. The highest BCUT2D eigenvalue weighted by Crippen LogP contribution is 2.15. The molecule has 4 amide bonds. The summed E-state index contributed by atoms with van der Waals surface area (Å²) in [7, 11) is 0. The Morgan fingerprint density at radius 3 is 0.520 bits per heavy atom. The van der Waals surface area contributed by atoms with Gasteiger partial charge in [-0.2, -0.15) is 0 Å². The Kier molecular flexibility index (Phi) is 59.2. The smallest absolute Gasteiger partial charge is 0.221 e. The second kappa shape index (κ2) is 61.0. The number of unbranched alkanes of at least 4 members (excludes halogenated alkanes) is 39. The topological polar surface area (TPSA) is 123 Å². The molecule has 0 saturated heterocycles. The van der Waals surface area contributed by atoms with Crippen molar-refractivity contribution in [1.82, 2.24) is 31.1 Å². The first-order chi connectivity index (χ1) is 36.9. The first kappa shape index (κ1) is 72.8. The maximum atomic E-state index is 13.1. The van der Waals surface area contributed by atoms with Crippen LogP contribution in [0.15, 0.2) is 0 Å². The molecule has 0 aromatic carbocycles. The zero-order chi connectivity index (χ0) is 54.6. The molecule has 0 aliphatic carbocycles. The molecule has 0 atom stereocenters. The summed E-state index contributed by atoms with van der Waals surface area (Å²) in [6, 6.07) is 0. The van der Waals surface area contributed by atoms with Gasteiger partial charge in [0.2, 0.25) is 23.6 Å². The summed E-state index contributed by atoms with van der Waals surface area (Å²) in [4.78, 5) is 57.0. The highest BCUT2D eigenvalue weighted by atomic mass is 16.2. The lowest BCUT2D eigenvalue weighted by Crippen LogP contribution is -2.41. The lowest BCUT2D eigenvalue weighted by Gasteiger charge is -2.27. The van der Waals surface area contributed by atoms with Gasteiger partial charge >= 0.3 is 0 Å². The van der Waals surface area contributed by atoms with Crippen molar-refractivity contribution in [3.63, 3.8) is 0 Å². The van der Waals surface area contributed by atoms with Crippen molar-refractivity contribution in [2.24, 2.45) is 0 Å². The van der Waals surface area contributed by atoms with Crippen LogP contribution >= 0.6 is 0 Å². The second-order valence-electron chi connectivity index (χ2n) is 22.9. The predicted octanol–water partition coefficient (Wildman–Crippen LogP) is 16.5. The van der Waals surface area contributed by atoms with E-state index in [1.54, 1.807) is 0 Å². The molecule has 0 bridgehead atoms. The van der Waals surface area contributed by atoms with Crippen molar-refractivity contribution in [3.05, 3.63) is 0 Å². The third kappa shape index (κ3) is 57.8. The Balaban J connectivity index is 5.23. The van der Waals surface area contributed by atoms with Crippen molar-refractivity contribution < 1.29 is 19.2 Å². The largest absolute Gasteiger partial charge is 0.356 e. The molecule has 0 fully saturated rings. The lowest BCUT2D eigenvalue weighted by molar-refractivity contribution is -0.123. The van der Waals surface area contributed by atoms with E-state index in [0.717, 1.165) is 51.4 Å². The highest BCUT2D eigenvalue weighted by molar-refractivity contribution is 5.77. The predicted molar refractivity (Wildman–Crippen MR) is 325 cm³/mol. The zero-order valence-electron chi connectivity index (χ0n) is 50.8. The van der Waals surface area contributed by atoms with Crippen molar-refractivity contribution in [1.29, 1.82) is 0 Å². The molecule has 10 heteroatoms. The van der Waals surface area contributed by atoms with Crippen LogP contribution in [-0.2, 0) is 19.2 Å². The average molecular weight is 1060 g/mol. The summed E-state index contributed by atoms with van der Waals surface area (Å²) in [5.74, 6) is 0.271. The molecule has 4 N–H and O–H groups in total. The normalized spacial score (nSPS) is 11.5. The zero-order valence-corrected chi connectivity index (χ0v) is 50.8. The van der Waals surface area contributed by atoms with Crippen LogP contribution in [0.4, 0.5) is 0 Å². The Morgan fingerprint density at radius 1 is 0.213 bits per heavy atom. The van der Waals surface area contributed by atoms with Crippen LogP contribution < -0.4 is 21.3 Å². The average Bonchev–Trinajstić information content (AvgIpc) is 3.41. The Labute approximate surface area is 466 Å². The summed E-state index contributed by atoms with van der Waals surface area (Å²) in [6.45, 7) is 15.6. The molecule has 444 valence electrons. The van der Waals surface area contributed by atoms with Gasteiger partial charge in [0.15, 0.2) is 0 Å². The number of nitrogens with zero attached hydrogens (tertiary/aromatic N) is 2. The number of nitrogens with one attached hydrogen (secondary N) is 4. The molecule has 0 aromatic heterocycles. The number of carbonyl (C=O) groups is 4. The molecule has 0 radical (unpaired) electrons. The summed E-state index contributed by atoms with van der Waals surface area (Å²) in [5, 5.41) is 12.7. The Morgan fingerprint density at radius 2 is 0.360 bits per heavy atom. The van der Waals surface area contributed by atoms with E-state index in [2.05, 4.69) is 58.8 Å². The van der Waals surface area contributed by atoms with Gasteiger partial charge in [0.1, 0.15) is 0 Å². The van der Waals surface area contributed by atoms with Gasteiger partial charge in [0.05, 0.1) is 0 Å². The van der Waals surface area contributed by atoms with Crippen LogP contribution in [0.5, 0.6) is 0 Å². The fraction of sp³-hybridized carbons (Fsp3) is 0.938. The summed E-state index contributed by atoms with van der Waals surface area (Å²) < 4.78 is 0. The van der Waals surface area contributed by atoms with E-state index >= 15 is 0 Å². The van der Waals surface area contributed by atoms with E-state index in [9.17, 15) is 19.2 Å². The van der Waals surface area contributed by atoms with Gasteiger partial charge in [-0.05, 0) is 25.7 Å². The van der Waals surface area contributed by atoms with Gasteiger partial charge in [-0.25, -0.2) is 0 Å². The van der Waals surface area contributed by atoms with Crippen molar-refractivity contribution in [2.75, 3.05) is 65.4 Å². The van der Waals surface area contributed by atoms with E-state index < -0.39 is 0 Å². The second-order valence-corrected chi connectivity index (χ2v) is 22.9. The van der Waals surface area contributed by atoms with Crippen LogP contribution in [0.2, 0.25) is 0 Å². The van der Waals surface area contributed by atoms with Crippen molar-refractivity contribution in [3.8, 4) is 0 Å². The minimum atomic E-state index is 0.0673. The SMILES string of the molecule is CCCCCCCCCCCCCNC(=O)CCN(CCC(=O)NCCCCCCCCCCCC)CCN(CCC(=O)NCCCCCCCCCCCCC)CCC(=O)NCCCCCCCCCCCCC. The van der Waals surface area contributed by atoms with E-state index in [4.69, 9.17) is 0 Å². The van der Waals surface area contributed by atoms with Gasteiger partial charge in [-0.3, -0.25) is 19.2 Å². The molecular weight excluding hydrogens is 929 g/mol. The number of hydrogen-bond donors (Lipinski definition) is 4.